The summed E-state index contributed by atoms with van der Waals surface area (Å²) >= 11 is 0. The summed E-state index contributed by atoms with van der Waals surface area (Å²) in [6.45, 7) is 0. The largest absolute Gasteiger partial charge is 0.465 e. The zero-order valence-corrected chi connectivity index (χ0v) is 10.2. The summed E-state index contributed by atoms with van der Waals surface area (Å²) in [7, 11) is 1.29. The molecule has 98 valence electrons. The Labute approximate surface area is 109 Å². The summed E-state index contributed by atoms with van der Waals surface area (Å²) in [4.78, 5) is 11.4. The molecule has 0 heterocycles. The highest BCUT2D eigenvalue weighted by molar-refractivity contribution is 5.90. The Kier molecular flexibility index (Phi) is 3.66. The van der Waals surface area contributed by atoms with E-state index in [0.29, 0.717) is 22.7 Å². The van der Waals surface area contributed by atoms with Gasteiger partial charge < -0.3 is 15.2 Å². The van der Waals surface area contributed by atoms with Gasteiger partial charge in [-0.2, -0.15) is 0 Å². The van der Waals surface area contributed by atoms with Crippen LogP contribution >= 0.6 is 0 Å². The highest BCUT2D eigenvalue weighted by Crippen LogP contribution is 2.28. The molecule has 2 aromatic rings. The summed E-state index contributed by atoms with van der Waals surface area (Å²) in [6, 6.07) is 10.1. The van der Waals surface area contributed by atoms with E-state index >= 15 is 0 Å². The van der Waals surface area contributed by atoms with Gasteiger partial charge in [0.2, 0.25) is 0 Å². The van der Waals surface area contributed by atoms with Gasteiger partial charge in [-0.3, -0.25) is 0 Å². The highest BCUT2D eigenvalue weighted by atomic mass is 19.1. The number of methoxy groups -OCH3 is 1. The Morgan fingerprint density at radius 2 is 1.84 bits per heavy atom. The molecule has 4 nitrogen and oxygen atoms in total. The minimum Gasteiger partial charge on any atom is -0.465 e. The molecule has 0 aliphatic heterocycles. The Morgan fingerprint density at radius 3 is 2.47 bits per heavy atom. The molecular formula is C14H12FNO3. The molecule has 19 heavy (non-hydrogen) atoms. The molecule has 0 bridgehead atoms. The number of hydrogen-bond donors (Lipinski definition) is 1. The lowest BCUT2D eigenvalue weighted by Crippen LogP contribution is -2.02. The lowest BCUT2D eigenvalue weighted by molar-refractivity contribution is 0.0600. The first-order valence-corrected chi connectivity index (χ1v) is 5.51. The Bertz CT molecular complexity index is 596. The number of carbonyl (C=O) groups is 1. The number of anilines is 1. The molecule has 0 atom stereocenters. The summed E-state index contributed by atoms with van der Waals surface area (Å²) < 4.78 is 22.9. The number of nitrogens with two attached hydrogens (primary N) is 1. The Hall–Kier alpha value is -2.56. The van der Waals surface area contributed by atoms with Crippen LogP contribution in [0.25, 0.3) is 0 Å². The van der Waals surface area contributed by atoms with Crippen molar-refractivity contribution >= 4 is 11.7 Å². The van der Waals surface area contributed by atoms with Gasteiger partial charge in [-0.15, -0.1) is 0 Å². The number of carbonyl (C=O) groups excluding carboxylic acids is 1. The molecule has 0 saturated heterocycles. The van der Waals surface area contributed by atoms with Crippen molar-refractivity contribution in [3.05, 3.63) is 53.8 Å². The maximum Gasteiger partial charge on any atom is 0.337 e. The minimum atomic E-state index is -0.482. The number of hydrogen-bond acceptors (Lipinski definition) is 4. The van der Waals surface area contributed by atoms with E-state index in [9.17, 15) is 9.18 Å². The van der Waals surface area contributed by atoms with E-state index < -0.39 is 5.97 Å². The summed E-state index contributed by atoms with van der Waals surface area (Å²) in [5.74, 6) is -0.0998. The van der Waals surface area contributed by atoms with Crippen molar-refractivity contribution in [2.24, 2.45) is 0 Å². The minimum absolute atomic E-state index is 0.314. The average molecular weight is 261 g/mol. The third kappa shape index (κ3) is 3.01. The van der Waals surface area contributed by atoms with Crippen LogP contribution in [0.3, 0.4) is 0 Å². The zero-order chi connectivity index (χ0) is 13.8. The molecule has 0 fully saturated rings. The van der Waals surface area contributed by atoms with E-state index in [1.807, 2.05) is 0 Å². The molecular weight excluding hydrogens is 249 g/mol. The lowest BCUT2D eigenvalue weighted by Gasteiger charge is -2.09. The molecule has 5 heteroatoms. The van der Waals surface area contributed by atoms with Crippen LogP contribution in [-0.4, -0.2) is 13.1 Å². The van der Waals surface area contributed by atoms with Crippen LogP contribution < -0.4 is 10.5 Å². The summed E-state index contributed by atoms with van der Waals surface area (Å²) in [6.07, 6.45) is 0. The van der Waals surface area contributed by atoms with Crippen molar-refractivity contribution < 1.29 is 18.7 Å². The second kappa shape index (κ2) is 5.39. The first-order valence-electron chi connectivity index (χ1n) is 5.51. The van der Waals surface area contributed by atoms with Crippen LogP contribution in [0.5, 0.6) is 11.5 Å². The van der Waals surface area contributed by atoms with Crippen LogP contribution in [0.1, 0.15) is 10.4 Å². The molecule has 2 aromatic carbocycles. The normalized spacial score (nSPS) is 10.0. The maximum atomic E-state index is 12.8. The van der Waals surface area contributed by atoms with Crippen LogP contribution in [0.15, 0.2) is 42.5 Å². The third-order valence-electron chi connectivity index (χ3n) is 2.48. The van der Waals surface area contributed by atoms with E-state index in [-0.39, 0.29) is 5.82 Å². The van der Waals surface area contributed by atoms with Crippen LogP contribution in [0.2, 0.25) is 0 Å². The second-order valence-electron chi connectivity index (χ2n) is 3.80. The summed E-state index contributed by atoms with van der Waals surface area (Å²) in [5, 5.41) is 0. The van der Waals surface area contributed by atoms with Gasteiger partial charge in [0.15, 0.2) is 5.75 Å². The fourth-order valence-electron chi connectivity index (χ4n) is 1.50. The standard InChI is InChI=1S/C14H12FNO3/c1-18-14(17)9-2-7-12(16)13(8-9)19-11-5-3-10(15)4-6-11/h2-8H,16H2,1H3. The Morgan fingerprint density at radius 1 is 1.16 bits per heavy atom. The van der Waals surface area contributed by atoms with Crippen molar-refractivity contribution in [3.8, 4) is 11.5 Å². The quantitative estimate of drug-likeness (QED) is 0.681. The van der Waals surface area contributed by atoms with Crippen LogP contribution in [-0.2, 0) is 4.74 Å². The molecule has 0 radical (unpaired) electrons. The van der Waals surface area contributed by atoms with E-state index in [0.717, 1.165) is 0 Å². The van der Waals surface area contributed by atoms with Gasteiger partial charge in [-0.05, 0) is 42.5 Å². The number of halogens is 1. The van der Waals surface area contributed by atoms with Gasteiger partial charge in [-0.1, -0.05) is 0 Å². The predicted octanol–water partition coefficient (Wildman–Crippen LogP) is 2.99. The summed E-state index contributed by atoms with van der Waals surface area (Å²) in [5.41, 5.74) is 6.46. The molecule has 0 aliphatic rings. The smallest absolute Gasteiger partial charge is 0.337 e. The van der Waals surface area contributed by atoms with Gasteiger partial charge in [0.25, 0.3) is 0 Å². The van der Waals surface area contributed by atoms with Crippen molar-refractivity contribution in [2.45, 2.75) is 0 Å². The topological polar surface area (TPSA) is 61.5 Å². The van der Waals surface area contributed by atoms with Gasteiger partial charge in [0.05, 0.1) is 18.4 Å². The predicted molar refractivity (Wildman–Crippen MR) is 68.7 cm³/mol. The third-order valence-corrected chi connectivity index (χ3v) is 2.48. The molecule has 0 amide bonds. The molecule has 0 spiro atoms. The van der Waals surface area contributed by atoms with E-state index in [2.05, 4.69) is 4.74 Å². The molecule has 0 saturated carbocycles. The van der Waals surface area contributed by atoms with Crippen LogP contribution in [0, 0.1) is 5.82 Å². The zero-order valence-electron chi connectivity index (χ0n) is 10.2. The molecule has 2 N–H and O–H groups in total. The van der Waals surface area contributed by atoms with Crippen LogP contribution in [0.4, 0.5) is 10.1 Å². The fourth-order valence-corrected chi connectivity index (χ4v) is 1.50. The SMILES string of the molecule is COC(=O)c1ccc(N)c(Oc2ccc(F)cc2)c1. The first-order chi connectivity index (χ1) is 9.10. The number of ether oxygens (including phenoxy) is 2. The van der Waals surface area contributed by atoms with Gasteiger partial charge >= 0.3 is 5.97 Å². The second-order valence-corrected chi connectivity index (χ2v) is 3.80. The molecule has 0 aromatic heterocycles. The fraction of sp³-hybridized carbons (Fsp3) is 0.0714. The lowest BCUT2D eigenvalue weighted by atomic mass is 10.2. The molecule has 0 unspecified atom stereocenters. The van der Waals surface area contributed by atoms with E-state index in [1.165, 1.54) is 37.4 Å². The molecule has 0 aliphatic carbocycles. The van der Waals surface area contributed by atoms with Crippen molar-refractivity contribution in [1.82, 2.24) is 0 Å². The van der Waals surface area contributed by atoms with Crippen molar-refractivity contribution in [3.63, 3.8) is 0 Å². The number of nitrogen functional groups attached to an aromatic ring is 1. The molecule has 2 rings (SSSR count). The number of rotatable bonds is 3. The Balaban J connectivity index is 2.28. The van der Waals surface area contributed by atoms with Crippen molar-refractivity contribution in [2.75, 3.05) is 12.8 Å². The van der Waals surface area contributed by atoms with E-state index in [4.69, 9.17) is 10.5 Å². The first kappa shape index (κ1) is 12.9. The average Bonchev–Trinajstić information content (AvgIpc) is 2.43. The highest BCUT2D eigenvalue weighted by Gasteiger charge is 2.10. The maximum absolute atomic E-state index is 12.8. The van der Waals surface area contributed by atoms with Gasteiger partial charge in [0, 0.05) is 0 Å². The van der Waals surface area contributed by atoms with Crippen molar-refractivity contribution in [1.29, 1.82) is 0 Å². The van der Waals surface area contributed by atoms with Gasteiger partial charge in [0.1, 0.15) is 11.6 Å². The number of esters is 1. The van der Waals surface area contributed by atoms with Gasteiger partial charge in [-0.25, -0.2) is 9.18 Å². The monoisotopic (exact) mass is 261 g/mol. The van der Waals surface area contributed by atoms with E-state index in [1.54, 1.807) is 12.1 Å². The number of benzene rings is 2.